The maximum atomic E-state index is 12.5. The fourth-order valence-electron chi connectivity index (χ4n) is 1.87. The first kappa shape index (κ1) is 16.1. The van der Waals surface area contributed by atoms with Gasteiger partial charge >= 0.3 is 0 Å². The molecule has 0 aliphatic carbocycles. The number of aryl methyl sites for hydroxylation is 1. The number of methoxy groups -OCH3 is 1. The summed E-state index contributed by atoms with van der Waals surface area (Å²) in [4.78, 5) is 0.315. The van der Waals surface area contributed by atoms with E-state index < -0.39 is 10.0 Å². The Hall–Kier alpha value is -0.950. The van der Waals surface area contributed by atoms with Crippen LogP contribution in [0.15, 0.2) is 23.1 Å². The van der Waals surface area contributed by atoms with E-state index in [0.29, 0.717) is 23.6 Å². The molecule has 0 saturated carbocycles. The van der Waals surface area contributed by atoms with Gasteiger partial charge in [0.25, 0.3) is 0 Å². The van der Waals surface area contributed by atoms with Crippen LogP contribution in [0, 0.1) is 6.92 Å². The molecule has 0 spiro atoms. The first-order valence-electron chi connectivity index (χ1n) is 6.11. The van der Waals surface area contributed by atoms with Crippen LogP contribution in [0.1, 0.15) is 18.1 Å². The molecule has 1 unspecified atom stereocenters. The molecular formula is C13H22N2O3S. The van der Waals surface area contributed by atoms with Gasteiger partial charge in [-0.15, -0.1) is 0 Å². The number of hydrogen-bond donors (Lipinski definition) is 1. The molecule has 1 atom stereocenters. The van der Waals surface area contributed by atoms with E-state index in [0.717, 1.165) is 5.56 Å². The largest absolute Gasteiger partial charge is 0.383 e. The summed E-state index contributed by atoms with van der Waals surface area (Å²) < 4.78 is 31.4. The third kappa shape index (κ3) is 3.54. The molecule has 0 saturated heterocycles. The van der Waals surface area contributed by atoms with Crippen LogP contribution in [-0.2, 0) is 21.3 Å². The van der Waals surface area contributed by atoms with E-state index in [4.69, 9.17) is 10.5 Å². The molecule has 1 aromatic rings. The molecule has 0 fully saturated rings. The highest BCUT2D eigenvalue weighted by Gasteiger charge is 2.26. The van der Waals surface area contributed by atoms with E-state index in [1.165, 1.54) is 4.31 Å². The number of hydrogen-bond acceptors (Lipinski definition) is 4. The molecule has 0 radical (unpaired) electrons. The lowest BCUT2D eigenvalue weighted by Gasteiger charge is -2.24. The number of rotatable bonds is 6. The Kier molecular flexibility index (Phi) is 5.49. The second-order valence-electron chi connectivity index (χ2n) is 4.63. The monoisotopic (exact) mass is 286 g/mol. The summed E-state index contributed by atoms with van der Waals surface area (Å²) in [5.74, 6) is 0. The Morgan fingerprint density at radius 3 is 2.53 bits per heavy atom. The number of benzene rings is 1. The summed E-state index contributed by atoms with van der Waals surface area (Å²) >= 11 is 0. The van der Waals surface area contributed by atoms with Crippen molar-refractivity contribution < 1.29 is 13.2 Å². The lowest BCUT2D eigenvalue weighted by molar-refractivity contribution is 0.149. The van der Waals surface area contributed by atoms with E-state index in [9.17, 15) is 8.42 Å². The number of nitrogens with two attached hydrogens (primary N) is 1. The van der Waals surface area contributed by atoms with E-state index in [1.807, 2.05) is 13.0 Å². The minimum Gasteiger partial charge on any atom is -0.383 e. The second kappa shape index (κ2) is 6.47. The van der Waals surface area contributed by atoms with Crippen LogP contribution in [-0.4, -0.2) is 39.5 Å². The van der Waals surface area contributed by atoms with E-state index in [2.05, 4.69) is 0 Å². The highest BCUT2D eigenvalue weighted by Crippen LogP contribution is 2.21. The van der Waals surface area contributed by atoms with Gasteiger partial charge in [-0.05, 0) is 31.0 Å². The van der Waals surface area contributed by atoms with Gasteiger partial charge in [0.2, 0.25) is 10.0 Å². The van der Waals surface area contributed by atoms with Gasteiger partial charge in [0.05, 0.1) is 11.5 Å². The smallest absolute Gasteiger partial charge is 0.243 e. The first-order chi connectivity index (χ1) is 8.84. The fourth-order valence-corrected chi connectivity index (χ4v) is 3.42. The van der Waals surface area contributed by atoms with Crippen LogP contribution >= 0.6 is 0 Å². The van der Waals surface area contributed by atoms with Crippen molar-refractivity contribution in [3.63, 3.8) is 0 Å². The maximum Gasteiger partial charge on any atom is 0.243 e. The standard InChI is InChI=1S/C13H22N2O3S/c1-10-7-12(8-14)5-6-13(10)19(16,17)15(3)11(2)9-18-4/h5-7,11H,8-9,14H2,1-4H3. The lowest BCUT2D eigenvalue weighted by atomic mass is 10.1. The predicted octanol–water partition coefficient (Wildman–Crippen LogP) is 1.11. The van der Waals surface area contributed by atoms with Gasteiger partial charge in [-0.1, -0.05) is 12.1 Å². The SMILES string of the molecule is COCC(C)N(C)S(=O)(=O)c1ccc(CN)cc1C. The van der Waals surface area contributed by atoms with Crippen molar-refractivity contribution in [1.29, 1.82) is 0 Å². The molecule has 0 aliphatic rings. The van der Waals surface area contributed by atoms with E-state index >= 15 is 0 Å². The highest BCUT2D eigenvalue weighted by molar-refractivity contribution is 7.89. The molecular weight excluding hydrogens is 264 g/mol. The Balaban J connectivity index is 3.13. The van der Waals surface area contributed by atoms with Crippen LogP contribution in [0.3, 0.4) is 0 Å². The van der Waals surface area contributed by atoms with Gasteiger partial charge < -0.3 is 10.5 Å². The van der Waals surface area contributed by atoms with Crippen molar-refractivity contribution in [3.8, 4) is 0 Å². The number of likely N-dealkylation sites (N-methyl/N-ethyl adjacent to an activating group) is 1. The third-order valence-electron chi connectivity index (χ3n) is 3.16. The molecule has 0 heterocycles. The molecule has 0 aliphatic heterocycles. The Morgan fingerprint density at radius 1 is 1.42 bits per heavy atom. The Morgan fingerprint density at radius 2 is 2.05 bits per heavy atom. The zero-order chi connectivity index (χ0) is 14.6. The van der Waals surface area contributed by atoms with Crippen LogP contribution in [0.5, 0.6) is 0 Å². The second-order valence-corrected chi connectivity index (χ2v) is 6.60. The van der Waals surface area contributed by atoms with Gasteiger partial charge in [-0.2, -0.15) is 4.31 Å². The summed E-state index contributed by atoms with van der Waals surface area (Å²) in [5, 5.41) is 0. The maximum absolute atomic E-state index is 12.5. The number of nitrogens with zero attached hydrogens (tertiary/aromatic N) is 1. The van der Waals surface area contributed by atoms with Gasteiger partial charge in [0, 0.05) is 26.7 Å². The topological polar surface area (TPSA) is 72.6 Å². The van der Waals surface area contributed by atoms with Crippen LogP contribution in [0.25, 0.3) is 0 Å². The molecule has 0 aromatic heterocycles. The van der Waals surface area contributed by atoms with Crippen molar-refractivity contribution in [2.45, 2.75) is 31.3 Å². The van der Waals surface area contributed by atoms with Crippen molar-refractivity contribution in [2.24, 2.45) is 5.73 Å². The summed E-state index contributed by atoms with van der Waals surface area (Å²) in [6.07, 6.45) is 0. The number of ether oxygens (including phenoxy) is 1. The molecule has 1 aromatic carbocycles. The van der Waals surface area contributed by atoms with Crippen LogP contribution in [0.2, 0.25) is 0 Å². The Bertz CT molecular complexity index is 529. The quantitative estimate of drug-likeness (QED) is 0.850. The molecule has 5 nitrogen and oxygen atoms in total. The average molecular weight is 286 g/mol. The summed E-state index contributed by atoms with van der Waals surface area (Å²) in [7, 11) is -0.385. The minimum atomic E-state index is -3.50. The molecule has 1 rings (SSSR count). The van der Waals surface area contributed by atoms with Crippen LogP contribution in [0.4, 0.5) is 0 Å². The normalized spacial score (nSPS) is 13.8. The summed E-state index contributed by atoms with van der Waals surface area (Å²) in [6.45, 7) is 4.35. The van der Waals surface area contributed by atoms with E-state index in [-0.39, 0.29) is 6.04 Å². The lowest BCUT2D eigenvalue weighted by Crippen LogP contribution is -2.38. The minimum absolute atomic E-state index is 0.219. The van der Waals surface area contributed by atoms with Gasteiger partial charge in [0.15, 0.2) is 0 Å². The van der Waals surface area contributed by atoms with Crippen molar-refractivity contribution in [2.75, 3.05) is 20.8 Å². The highest BCUT2D eigenvalue weighted by atomic mass is 32.2. The van der Waals surface area contributed by atoms with Crippen molar-refractivity contribution in [3.05, 3.63) is 29.3 Å². The van der Waals surface area contributed by atoms with Crippen molar-refractivity contribution in [1.82, 2.24) is 4.31 Å². The third-order valence-corrected chi connectivity index (χ3v) is 5.29. The zero-order valence-corrected chi connectivity index (χ0v) is 12.7. The van der Waals surface area contributed by atoms with Gasteiger partial charge in [-0.25, -0.2) is 8.42 Å². The predicted molar refractivity (Wildman–Crippen MR) is 75.4 cm³/mol. The zero-order valence-electron chi connectivity index (χ0n) is 11.9. The first-order valence-corrected chi connectivity index (χ1v) is 7.55. The molecule has 0 amide bonds. The van der Waals surface area contributed by atoms with Gasteiger partial charge in [-0.3, -0.25) is 0 Å². The molecule has 2 N–H and O–H groups in total. The number of sulfonamides is 1. The fraction of sp³-hybridized carbons (Fsp3) is 0.538. The molecule has 6 heteroatoms. The molecule has 108 valence electrons. The molecule has 19 heavy (non-hydrogen) atoms. The molecule has 0 bridgehead atoms. The van der Waals surface area contributed by atoms with Gasteiger partial charge in [0.1, 0.15) is 0 Å². The van der Waals surface area contributed by atoms with Crippen molar-refractivity contribution >= 4 is 10.0 Å². The average Bonchev–Trinajstić information content (AvgIpc) is 2.37. The Labute approximate surface area is 115 Å². The summed E-state index contributed by atoms with van der Waals surface area (Å²) in [6, 6.07) is 4.95. The summed E-state index contributed by atoms with van der Waals surface area (Å²) in [5.41, 5.74) is 7.18. The van der Waals surface area contributed by atoms with E-state index in [1.54, 1.807) is 33.2 Å². The van der Waals surface area contributed by atoms with Crippen LogP contribution < -0.4 is 5.73 Å².